The SMILES string of the molecule is Cc1nc(Nc2ccccc2[N+](=O)[O-])cc(C2CNCCO2)n1. The summed E-state index contributed by atoms with van der Waals surface area (Å²) < 4.78 is 5.70. The Morgan fingerprint density at radius 2 is 2.22 bits per heavy atom. The van der Waals surface area contributed by atoms with Crippen LogP contribution in [0.3, 0.4) is 0 Å². The highest BCUT2D eigenvalue weighted by atomic mass is 16.6. The zero-order valence-corrected chi connectivity index (χ0v) is 12.7. The number of para-hydroxylation sites is 2. The Kier molecular flexibility index (Phi) is 4.45. The second kappa shape index (κ2) is 6.67. The third-order valence-electron chi connectivity index (χ3n) is 3.48. The van der Waals surface area contributed by atoms with Gasteiger partial charge < -0.3 is 15.4 Å². The van der Waals surface area contributed by atoms with E-state index in [1.165, 1.54) is 6.07 Å². The maximum atomic E-state index is 11.1. The lowest BCUT2D eigenvalue weighted by Crippen LogP contribution is -2.33. The van der Waals surface area contributed by atoms with Crippen molar-refractivity contribution in [1.29, 1.82) is 0 Å². The third-order valence-corrected chi connectivity index (χ3v) is 3.48. The van der Waals surface area contributed by atoms with Crippen LogP contribution in [-0.2, 0) is 4.74 Å². The van der Waals surface area contributed by atoms with E-state index in [2.05, 4.69) is 20.6 Å². The van der Waals surface area contributed by atoms with Gasteiger partial charge in [0.1, 0.15) is 23.4 Å². The van der Waals surface area contributed by atoms with Crippen LogP contribution in [0, 0.1) is 17.0 Å². The number of benzene rings is 1. The monoisotopic (exact) mass is 315 g/mol. The van der Waals surface area contributed by atoms with Gasteiger partial charge in [-0.25, -0.2) is 9.97 Å². The molecule has 2 heterocycles. The van der Waals surface area contributed by atoms with E-state index < -0.39 is 4.92 Å². The van der Waals surface area contributed by atoms with Gasteiger partial charge in [-0.15, -0.1) is 0 Å². The molecular weight excluding hydrogens is 298 g/mol. The highest BCUT2D eigenvalue weighted by molar-refractivity contribution is 5.67. The number of nitro benzene ring substituents is 1. The first-order valence-corrected chi connectivity index (χ1v) is 7.32. The predicted molar refractivity (Wildman–Crippen MR) is 84.7 cm³/mol. The van der Waals surface area contributed by atoms with Gasteiger partial charge >= 0.3 is 0 Å². The Morgan fingerprint density at radius 3 is 2.96 bits per heavy atom. The topological polar surface area (TPSA) is 102 Å². The Hall–Kier alpha value is -2.58. The third kappa shape index (κ3) is 3.61. The highest BCUT2D eigenvalue weighted by Crippen LogP contribution is 2.27. The van der Waals surface area contributed by atoms with Crippen LogP contribution >= 0.6 is 0 Å². The van der Waals surface area contributed by atoms with Crippen LogP contribution in [-0.4, -0.2) is 34.6 Å². The summed E-state index contributed by atoms with van der Waals surface area (Å²) in [5.41, 5.74) is 1.15. The van der Waals surface area contributed by atoms with Crippen molar-refractivity contribution in [2.45, 2.75) is 13.0 Å². The van der Waals surface area contributed by atoms with Gasteiger partial charge in [0.25, 0.3) is 5.69 Å². The summed E-state index contributed by atoms with van der Waals surface area (Å²) in [7, 11) is 0. The first kappa shape index (κ1) is 15.3. The molecule has 8 nitrogen and oxygen atoms in total. The van der Waals surface area contributed by atoms with Gasteiger partial charge in [0.2, 0.25) is 0 Å². The molecule has 1 fully saturated rings. The number of hydrogen-bond donors (Lipinski definition) is 2. The Balaban J connectivity index is 1.88. The molecule has 1 atom stereocenters. The summed E-state index contributed by atoms with van der Waals surface area (Å²) in [4.78, 5) is 19.4. The van der Waals surface area contributed by atoms with Crippen molar-refractivity contribution in [1.82, 2.24) is 15.3 Å². The van der Waals surface area contributed by atoms with E-state index in [9.17, 15) is 10.1 Å². The molecule has 0 aliphatic carbocycles. The fraction of sp³-hybridized carbons (Fsp3) is 0.333. The lowest BCUT2D eigenvalue weighted by molar-refractivity contribution is -0.383. The fourth-order valence-electron chi connectivity index (χ4n) is 2.45. The Bertz CT molecular complexity index is 716. The van der Waals surface area contributed by atoms with Gasteiger partial charge in [-0.2, -0.15) is 0 Å². The molecule has 2 N–H and O–H groups in total. The lowest BCUT2D eigenvalue weighted by Gasteiger charge is -2.23. The number of morpholine rings is 1. The van der Waals surface area contributed by atoms with Crippen LogP contribution in [0.25, 0.3) is 0 Å². The average Bonchev–Trinajstić information content (AvgIpc) is 2.55. The molecule has 1 saturated heterocycles. The lowest BCUT2D eigenvalue weighted by atomic mass is 10.2. The van der Waals surface area contributed by atoms with Gasteiger partial charge in [0, 0.05) is 25.2 Å². The summed E-state index contributed by atoms with van der Waals surface area (Å²) in [6.45, 7) is 3.91. The number of ether oxygens (including phenoxy) is 1. The number of nitro groups is 1. The van der Waals surface area contributed by atoms with Crippen LogP contribution in [0.5, 0.6) is 0 Å². The Morgan fingerprint density at radius 1 is 1.39 bits per heavy atom. The maximum Gasteiger partial charge on any atom is 0.292 e. The second-order valence-electron chi connectivity index (χ2n) is 5.19. The molecule has 0 spiro atoms. The summed E-state index contributed by atoms with van der Waals surface area (Å²) >= 11 is 0. The number of nitrogens with one attached hydrogen (secondary N) is 2. The zero-order chi connectivity index (χ0) is 16.2. The second-order valence-corrected chi connectivity index (χ2v) is 5.19. The summed E-state index contributed by atoms with van der Waals surface area (Å²) in [6.07, 6.45) is -0.142. The zero-order valence-electron chi connectivity index (χ0n) is 12.7. The highest BCUT2D eigenvalue weighted by Gasteiger charge is 2.19. The van der Waals surface area contributed by atoms with Crippen LogP contribution in [0.4, 0.5) is 17.2 Å². The van der Waals surface area contributed by atoms with E-state index >= 15 is 0 Å². The normalized spacial score (nSPS) is 17.7. The Labute approximate surface area is 133 Å². The predicted octanol–water partition coefficient (Wildman–Crippen LogP) is 2.10. The van der Waals surface area contributed by atoms with E-state index in [1.54, 1.807) is 31.2 Å². The van der Waals surface area contributed by atoms with Gasteiger partial charge in [-0.3, -0.25) is 10.1 Å². The average molecular weight is 315 g/mol. The van der Waals surface area contributed by atoms with Gasteiger partial charge in [0.05, 0.1) is 17.2 Å². The molecule has 0 amide bonds. The quantitative estimate of drug-likeness (QED) is 0.658. The molecule has 8 heteroatoms. The smallest absolute Gasteiger partial charge is 0.292 e. The molecule has 1 unspecified atom stereocenters. The van der Waals surface area contributed by atoms with Crippen LogP contribution < -0.4 is 10.6 Å². The van der Waals surface area contributed by atoms with Crippen molar-refractivity contribution < 1.29 is 9.66 Å². The molecule has 120 valence electrons. The summed E-state index contributed by atoms with van der Waals surface area (Å²) in [5, 5.41) is 17.4. The number of nitrogens with zero attached hydrogens (tertiary/aromatic N) is 3. The molecule has 1 aliphatic rings. The molecular formula is C15H17N5O3. The standard InChI is InChI=1S/C15H17N5O3/c1-10-17-12(14-9-16-6-7-23-14)8-15(18-10)19-11-4-2-3-5-13(11)20(21)22/h2-5,8,14,16H,6-7,9H2,1H3,(H,17,18,19). The fourth-order valence-corrected chi connectivity index (χ4v) is 2.45. The van der Waals surface area contributed by atoms with E-state index in [1.807, 2.05) is 0 Å². The van der Waals surface area contributed by atoms with Crippen molar-refractivity contribution in [3.05, 3.63) is 52.0 Å². The molecule has 1 aliphatic heterocycles. The van der Waals surface area contributed by atoms with E-state index in [-0.39, 0.29) is 11.8 Å². The van der Waals surface area contributed by atoms with E-state index in [0.717, 1.165) is 12.2 Å². The molecule has 0 saturated carbocycles. The first-order valence-electron chi connectivity index (χ1n) is 7.32. The van der Waals surface area contributed by atoms with Crippen LogP contribution in [0.15, 0.2) is 30.3 Å². The van der Waals surface area contributed by atoms with Crippen LogP contribution in [0.1, 0.15) is 17.6 Å². The van der Waals surface area contributed by atoms with Crippen LogP contribution in [0.2, 0.25) is 0 Å². The number of aromatic nitrogens is 2. The molecule has 1 aromatic carbocycles. The molecule has 23 heavy (non-hydrogen) atoms. The van der Waals surface area contributed by atoms with Crippen molar-refractivity contribution >= 4 is 17.2 Å². The van der Waals surface area contributed by atoms with Gasteiger partial charge in [-0.1, -0.05) is 12.1 Å². The van der Waals surface area contributed by atoms with Gasteiger partial charge in [0.15, 0.2) is 0 Å². The van der Waals surface area contributed by atoms with E-state index in [4.69, 9.17) is 4.74 Å². The first-order chi connectivity index (χ1) is 11.1. The summed E-state index contributed by atoms with van der Waals surface area (Å²) in [6, 6.07) is 8.22. The largest absolute Gasteiger partial charge is 0.369 e. The summed E-state index contributed by atoms with van der Waals surface area (Å²) in [5.74, 6) is 1.09. The number of hydrogen-bond acceptors (Lipinski definition) is 7. The minimum atomic E-state index is -0.425. The molecule has 3 rings (SSSR count). The number of rotatable bonds is 4. The molecule has 2 aromatic rings. The van der Waals surface area contributed by atoms with Crippen molar-refractivity contribution in [2.75, 3.05) is 25.0 Å². The van der Waals surface area contributed by atoms with Gasteiger partial charge in [-0.05, 0) is 13.0 Å². The minimum Gasteiger partial charge on any atom is -0.369 e. The molecule has 0 bridgehead atoms. The van der Waals surface area contributed by atoms with Crippen molar-refractivity contribution in [3.63, 3.8) is 0 Å². The molecule has 1 aromatic heterocycles. The molecule has 0 radical (unpaired) electrons. The van der Waals surface area contributed by atoms with Crippen molar-refractivity contribution in [2.24, 2.45) is 0 Å². The number of aryl methyl sites for hydroxylation is 1. The van der Waals surface area contributed by atoms with E-state index in [0.29, 0.717) is 30.5 Å². The number of anilines is 2. The minimum absolute atomic E-state index is 0.000832. The maximum absolute atomic E-state index is 11.1. The van der Waals surface area contributed by atoms with Crippen molar-refractivity contribution in [3.8, 4) is 0 Å².